The van der Waals surface area contributed by atoms with Crippen molar-refractivity contribution in [2.75, 3.05) is 13.2 Å². The van der Waals surface area contributed by atoms with E-state index in [2.05, 4.69) is 50.4 Å². The number of aliphatic hydroxyl groups excluding tert-OH is 1. The SMILES string of the molecule is CCCNC(C)(CCO)c1ccc(CCC)cc1. The smallest absolute Gasteiger partial charge is 0.0451 e. The van der Waals surface area contributed by atoms with Crippen LogP contribution < -0.4 is 5.32 Å². The van der Waals surface area contributed by atoms with E-state index in [0.717, 1.165) is 25.8 Å². The first-order chi connectivity index (χ1) is 8.66. The van der Waals surface area contributed by atoms with Crippen LogP contribution in [0.5, 0.6) is 0 Å². The monoisotopic (exact) mass is 249 g/mol. The fourth-order valence-corrected chi connectivity index (χ4v) is 2.29. The lowest BCUT2D eigenvalue weighted by atomic mass is 9.88. The summed E-state index contributed by atoms with van der Waals surface area (Å²) < 4.78 is 0. The summed E-state index contributed by atoms with van der Waals surface area (Å²) in [6.45, 7) is 7.73. The zero-order valence-electron chi connectivity index (χ0n) is 12.0. The normalized spacial score (nSPS) is 14.4. The van der Waals surface area contributed by atoms with Crippen LogP contribution in [-0.4, -0.2) is 18.3 Å². The number of rotatable bonds is 8. The Morgan fingerprint density at radius 2 is 1.78 bits per heavy atom. The number of hydrogen-bond acceptors (Lipinski definition) is 2. The molecule has 1 aromatic carbocycles. The largest absolute Gasteiger partial charge is 0.396 e. The summed E-state index contributed by atoms with van der Waals surface area (Å²) in [5.74, 6) is 0. The average molecular weight is 249 g/mol. The fourth-order valence-electron chi connectivity index (χ4n) is 2.29. The summed E-state index contributed by atoms with van der Waals surface area (Å²) >= 11 is 0. The molecule has 0 saturated heterocycles. The van der Waals surface area contributed by atoms with Crippen molar-refractivity contribution in [3.63, 3.8) is 0 Å². The zero-order valence-corrected chi connectivity index (χ0v) is 12.0. The van der Waals surface area contributed by atoms with Gasteiger partial charge in [0.1, 0.15) is 0 Å². The third-order valence-electron chi connectivity index (χ3n) is 3.51. The topological polar surface area (TPSA) is 32.3 Å². The van der Waals surface area contributed by atoms with E-state index in [0.29, 0.717) is 0 Å². The van der Waals surface area contributed by atoms with Gasteiger partial charge >= 0.3 is 0 Å². The third-order valence-corrected chi connectivity index (χ3v) is 3.51. The van der Waals surface area contributed by atoms with E-state index in [1.165, 1.54) is 17.5 Å². The molecule has 0 aliphatic heterocycles. The molecule has 1 atom stereocenters. The molecular formula is C16H27NO. The molecule has 0 aromatic heterocycles. The molecule has 18 heavy (non-hydrogen) atoms. The first-order valence-corrected chi connectivity index (χ1v) is 7.11. The molecule has 0 radical (unpaired) electrons. The predicted octanol–water partition coefficient (Wildman–Crippen LogP) is 3.24. The summed E-state index contributed by atoms with van der Waals surface area (Å²) in [6.07, 6.45) is 4.18. The highest BCUT2D eigenvalue weighted by atomic mass is 16.3. The van der Waals surface area contributed by atoms with Crippen LogP contribution >= 0.6 is 0 Å². The van der Waals surface area contributed by atoms with Crippen molar-refractivity contribution in [2.45, 2.75) is 52.0 Å². The molecule has 0 spiro atoms. The van der Waals surface area contributed by atoms with Crippen LogP contribution in [0.1, 0.15) is 51.2 Å². The number of aliphatic hydroxyl groups is 1. The Kier molecular flexibility index (Phi) is 6.37. The molecule has 0 fully saturated rings. The highest BCUT2D eigenvalue weighted by Gasteiger charge is 2.24. The van der Waals surface area contributed by atoms with E-state index in [1.54, 1.807) is 0 Å². The van der Waals surface area contributed by atoms with Gasteiger partial charge in [-0.3, -0.25) is 0 Å². The van der Waals surface area contributed by atoms with E-state index < -0.39 is 0 Å². The van der Waals surface area contributed by atoms with Crippen molar-refractivity contribution in [1.82, 2.24) is 5.32 Å². The summed E-state index contributed by atoms with van der Waals surface area (Å²) in [7, 11) is 0. The Hall–Kier alpha value is -0.860. The van der Waals surface area contributed by atoms with Gasteiger partial charge in [0.05, 0.1) is 0 Å². The van der Waals surface area contributed by atoms with Crippen LogP contribution in [0.3, 0.4) is 0 Å². The molecule has 1 aromatic rings. The summed E-state index contributed by atoms with van der Waals surface area (Å²) in [4.78, 5) is 0. The minimum Gasteiger partial charge on any atom is -0.396 e. The molecule has 0 heterocycles. The van der Waals surface area contributed by atoms with Gasteiger partial charge in [-0.15, -0.1) is 0 Å². The van der Waals surface area contributed by atoms with Gasteiger partial charge in [-0.25, -0.2) is 0 Å². The van der Waals surface area contributed by atoms with Gasteiger partial charge in [-0.2, -0.15) is 0 Å². The van der Waals surface area contributed by atoms with Crippen LogP contribution in [-0.2, 0) is 12.0 Å². The van der Waals surface area contributed by atoms with Gasteiger partial charge in [0.25, 0.3) is 0 Å². The number of benzene rings is 1. The van der Waals surface area contributed by atoms with E-state index in [4.69, 9.17) is 0 Å². The maximum atomic E-state index is 9.26. The molecule has 102 valence electrons. The molecule has 0 bridgehead atoms. The number of hydrogen-bond donors (Lipinski definition) is 2. The summed E-state index contributed by atoms with van der Waals surface area (Å²) in [5.41, 5.74) is 2.54. The Balaban J connectivity index is 2.84. The van der Waals surface area contributed by atoms with Crippen molar-refractivity contribution < 1.29 is 5.11 Å². The summed E-state index contributed by atoms with van der Waals surface area (Å²) in [6, 6.07) is 8.82. The highest BCUT2D eigenvalue weighted by molar-refractivity contribution is 5.28. The average Bonchev–Trinajstić information content (AvgIpc) is 2.38. The quantitative estimate of drug-likeness (QED) is 0.741. The lowest BCUT2D eigenvalue weighted by Crippen LogP contribution is -2.40. The standard InChI is InChI=1S/C16H27NO/c1-4-6-14-7-9-15(10-8-14)16(3,11-13-18)17-12-5-2/h7-10,17-18H,4-6,11-13H2,1-3H3. The molecule has 1 unspecified atom stereocenters. The van der Waals surface area contributed by atoms with E-state index in [1.807, 2.05) is 0 Å². The number of nitrogens with one attached hydrogen (secondary N) is 1. The van der Waals surface area contributed by atoms with Gasteiger partial charge in [-0.05, 0) is 43.9 Å². The molecule has 0 aliphatic carbocycles. The lowest BCUT2D eigenvalue weighted by molar-refractivity contribution is 0.221. The fraction of sp³-hybridized carbons (Fsp3) is 0.625. The molecule has 2 N–H and O–H groups in total. The molecule has 2 heteroatoms. The molecule has 0 saturated carbocycles. The van der Waals surface area contributed by atoms with Crippen molar-refractivity contribution >= 4 is 0 Å². The predicted molar refractivity (Wildman–Crippen MR) is 77.8 cm³/mol. The van der Waals surface area contributed by atoms with Gasteiger partial charge in [0.15, 0.2) is 0 Å². The molecule has 2 nitrogen and oxygen atoms in total. The van der Waals surface area contributed by atoms with Gasteiger partial charge in [0.2, 0.25) is 0 Å². The van der Waals surface area contributed by atoms with Crippen LogP contribution in [0.25, 0.3) is 0 Å². The number of aryl methyl sites for hydroxylation is 1. The van der Waals surface area contributed by atoms with Crippen LogP contribution in [0.4, 0.5) is 0 Å². The summed E-state index contributed by atoms with van der Waals surface area (Å²) in [5, 5.41) is 12.8. The van der Waals surface area contributed by atoms with E-state index in [-0.39, 0.29) is 12.1 Å². The first-order valence-electron chi connectivity index (χ1n) is 7.11. The van der Waals surface area contributed by atoms with Crippen LogP contribution in [0.15, 0.2) is 24.3 Å². The van der Waals surface area contributed by atoms with E-state index >= 15 is 0 Å². The molecule has 0 amide bonds. The Morgan fingerprint density at radius 3 is 2.28 bits per heavy atom. The Morgan fingerprint density at radius 1 is 1.11 bits per heavy atom. The Labute approximate surface area is 111 Å². The molecule has 1 rings (SSSR count). The minimum absolute atomic E-state index is 0.116. The maximum absolute atomic E-state index is 9.26. The third kappa shape index (κ3) is 4.11. The minimum atomic E-state index is -0.116. The van der Waals surface area contributed by atoms with Gasteiger partial charge in [0, 0.05) is 12.1 Å². The van der Waals surface area contributed by atoms with Crippen LogP contribution in [0, 0.1) is 0 Å². The van der Waals surface area contributed by atoms with E-state index in [9.17, 15) is 5.11 Å². The Bertz CT molecular complexity index is 333. The van der Waals surface area contributed by atoms with Crippen molar-refractivity contribution in [1.29, 1.82) is 0 Å². The molecule has 0 aliphatic rings. The van der Waals surface area contributed by atoms with Crippen LogP contribution in [0.2, 0.25) is 0 Å². The van der Waals surface area contributed by atoms with Gasteiger partial charge in [-0.1, -0.05) is 44.5 Å². The van der Waals surface area contributed by atoms with Crippen molar-refractivity contribution in [3.05, 3.63) is 35.4 Å². The maximum Gasteiger partial charge on any atom is 0.0451 e. The lowest BCUT2D eigenvalue weighted by Gasteiger charge is -2.31. The van der Waals surface area contributed by atoms with Crippen molar-refractivity contribution in [3.8, 4) is 0 Å². The van der Waals surface area contributed by atoms with Crippen molar-refractivity contribution in [2.24, 2.45) is 0 Å². The van der Waals surface area contributed by atoms with Gasteiger partial charge < -0.3 is 10.4 Å². The molecular weight excluding hydrogens is 222 g/mol. The second-order valence-corrected chi connectivity index (χ2v) is 5.18. The first kappa shape index (κ1) is 15.2. The second-order valence-electron chi connectivity index (χ2n) is 5.18. The zero-order chi connectivity index (χ0) is 13.4. The second kappa shape index (κ2) is 7.55. The highest BCUT2D eigenvalue weighted by Crippen LogP contribution is 2.25.